The number of benzene rings is 1. The SMILES string of the molecule is Cc1ncoc1C(=O)NC1CCc2nn(Cc3ccc(F)cc3)c(=O)n2CC1. The molecule has 146 valence electrons. The average Bonchev–Trinajstić information content (AvgIpc) is 3.16. The van der Waals surface area contributed by atoms with E-state index in [-0.39, 0.29) is 29.2 Å². The Kier molecular flexibility index (Phi) is 4.81. The van der Waals surface area contributed by atoms with Crippen LogP contribution in [0.2, 0.25) is 0 Å². The lowest BCUT2D eigenvalue weighted by molar-refractivity contribution is 0.0904. The number of hydrogen-bond donors (Lipinski definition) is 1. The van der Waals surface area contributed by atoms with Gasteiger partial charge in [-0.1, -0.05) is 12.1 Å². The average molecular weight is 385 g/mol. The Morgan fingerprint density at radius 1 is 1.32 bits per heavy atom. The van der Waals surface area contributed by atoms with Gasteiger partial charge in [0.05, 0.1) is 12.2 Å². The third kappa shape index (κ3) is 3.60. The zero-order valence-electron chi connectivity index (χ0n) is 15.4. The Morgan fingerprint density at radius 2 is 2.11 bits per heavy atom. The monoisotopic (exact) mass is 385 g/mol. The van der Waals surface area contributed by atoms with Crippen LogP contribution in [0.25, 0.3) is 0 Å². The van der Waals surface area contributed by atoms with Crippen LogP contribution in [0.1, 0.15) is 40.5 Å². The number of nitrogens with zero attached hydrogens (tertiary/aromatic N) is 4. The first-order chi connectivity index (χ1) is 13.5. The molecule has 0 radical (unpaired) electrons. The predicted molar refractivity (Wildman–Crippen MR) is 97.4 cm³/mol. The first-order valence-corrected chi connectivity index (χ1v) is 9.13. The first-order valence-electron chi connectivity index (χ1n) is 9.13. The molecule has 1 unspecified atom stereocenters. The van der Waals surface area contributed by atoms with Crippen molar-refractivity contribution in [1.29, 1.82) is 0 Å². The molecular formula is C19H20FN5O3. The Bertz CT molecular complexity index is 1050. The number of nitrogens with one attached hydrogen (secondary N) is 1. The molecule has 0 aliphatic carbocycles. The maximum absolute atomic E-state index is 13.0. The normalized spacial score (nSPS) is 16.4. The number of carbonyl (C=O) groups is 1. The van der Waals surface area contributed by atoms with E-state index in [0.717, 1.165) is 5.56 Å². The second kappa shape index (κ2) is 7.41. The van der Waals surface area contributed by atoms with Crippen LogP contribution in [0.15, 0.2) is 39.9 Å². The van der Waals surface area contributed by atoms with Gasteiger partial charge in [-0.3, -0.25) is 9.36 Å². The zero-order valence-corrected chi connectivity index (χ0v) is 15.4. The Balaban J connectivity index is 1.44. The molecule has 2 aromatic heterocycles. The number of amides is 1. The summed E-state index contributed by atoms with van der Waals surface area (Å²) in [5.74, 6) is 0.293. The van der Waals surface area contributed by atoms with Crippen molar-refractivity contribution < 1.29 is 13.6 Å². The quantitative estimate of drug-likeness (QED) is 0.737. The molecule has 0 bridgehead atoms. The second-order valence-corrected chi connectivity index (χ2v) is 6.90. The van der Waals surface area contributed by atoms with Crippen molar-refractivity contribution in [2.75, 3.05) is 0 Å². The van der Waals surface area contributed by atoms with Gasteiger partial charge in [0.15, 0.2) is 6.39 Å². The summed E-state index contributed by atoms with van der Waals surface area (Å²) < 4.78 is 21.2. The number of oxazole rings is 1. The van der Waals surface area contributed by atoms with Crippen molar-refractivity contribution in [3.8, 4) is 0 Å². The summed E-state index contributed by atoms with van der Waals surface area (Å²) in [6.45, 7) is 2.48. The summed E-state index contributed by atoms with van der Waals surface area (Å²) in [4.78, 5) is 28.9. The van der Waals surface area contributed by atoms with Gasteiger partial charge in [-0.25, -0.2) is 18.9 Å². The zero-order chi connectivity index (χ0) is 19.7. The van der Waals surface area contributed by atoms with E-state index in [1.165, 1.54) is 23.2 Å². The molecule has 3 aromatic rings. The van der Waals surface area contributed by atoms with Gasteiger partial charge in [-0.2, -0.15) is 5.10 Å². The number of aromatic nitrogens is 4. The van der Waals surface area contributed by atoms with Gasteiger partial charge in [-0.15, -0.1) is 0 Å². The maximum atomic E-state index is 13.0. The van der Waals surface area contributed by atoms with Crippen LogP contribution < -0.4 is 11.0 Å². The molecule has 0 saturated carbocycles. The van der Waals surface area contributed by atoms with E-state index in [1.807, 2.05) is 0 Å². The van der Waals surface area contributed by atoms with Crippen LogP contribution in [0.3, 0.4) is 0 Å². The summed E-state index contributed by atoms with van der Waals surface area (Å²) in [6.07, 6.45) is 3.11. The van der Waals surface area contributed by atoms with Crippen LogP contribution in [0.5, 0.6) is 0 Å². The number of hydrogen-bond acceptors (Lipinski definition) is 5. The minimum Gasteiger partial charge on any atom is -0.438 e. The lowest BCUT2D eigenvalue weighted by atomic mass is 10.1. The maximum Gasteiger partial charge on any atom is 0.346 e. The molecule has 0 spiro atoms. The highest BCUT2D eigenvalue weighted by Gasteiger charge is 2.24. The molecule has 9 heteroatoms. The smallest absolute Gasteiger partial charge is 0.346 e. The fourth-order valence-corrected chi connectivity index (χ4v) is 3.41. The lowest BCUT2D eigenvalue weighted by Gasteiger charge is -2.15. The highest BCUT2D eigenvalue weighted by molar-refractivity contribution is 5.92. The second-order valence-electron chi connectivity index (χ2n) is 6.90. The van der Waals surface area contributed by atoms with Crippen molar-refractivity contribution in [3.05, 3.63) is 69.8 Å². The highest BCUT2D eigenvalue weighted by Crippen LogP contribution is 2.14. The van der Waals surface area contributed by atoms with Crippen molar-refractivity contribution in [2.45, 2.75) is 45.3 Å². The minimum atomic E-state index is -0.315. The number of aryl methyl sites for hydroxylation is 2. The molecule has 8 nitrogen and oxygen atoms in total. The molecular weight excluding hydrogens is 365 g/mol. The van der Waals surface area contributed by atoms with Crippen molar-refractivity contribution in [1.82, 2.24) is 24.6 Å². The first kappa shape index (κ1) is 18.1. The summed E-state index contributed by atoms with van der Waals surface area (Å²) in [5, 5.41) is 7.39. The van der Waals surface area contributed by atoms with Gasteiger partial charge >= 0.3 is 5.69 Å². The van der Waals surface area contributed by atoms with Gasteiger partial charge in [0.25, 0.3) is 5.91 Å². The lowest BCUT2D eigenvalue weighted by Crippen LogP contribution is -2.36. The minimum absolute atomic E-state index is 0.0800. The third-order valence-corrected chi connectivity index (χ3v) is 4.95. The van der Waals surface area contributed by atoms with Crippen LogP contribution in [-0.4, -0.2) is 31.3 Å². The van der Waals surface area contributed by atoms with Crippen molar-refractivity contribution in [3.63, 3.8) is 0 Å². The van der Waals surface area contributed by atoms with Gasteiger partial charge in [0.1, 0.15) is 11.6 Å². The third-order valence-electron chi connectivity index (χ3n) is 4.95. The van der Waals surface area contributed by atoms with E-state index >= 15 is 0 Å². The largest absolute Gasteiger partial charge is 0.438 e. The van der Waals surface area contributed by atoms with Gasteiger partial charge in [0.2, 0.25) is 5.76 Å². The summed E-state index contributed by atoms with van der Waals surface area (Å²) in [6, 6.07) is 5.94. The van der Waals surface area contributed by atoms with Crippen LogP contribution in [0.4, 0.5) is 4.39 Å². The topological polar surface area (TPSA) is 95.0 Å². The molecule has 1 atom stereocenters. The van der Waals surface area contributed by atoms with E-state index in [1.54, 1.807) is 23.6 Å². The summed E-state index contributed by atoms with van der Waals surface area (Å²) in [7, 11) is 0. The van der Waals surface area contributed by atoms with Crippen LogP contribution >= 0.6 is 0 Å². The predicted octanol–water partition coefficient (Wildman–Crippen LogP) is 1.66. The van der Waals surface area contributed by atoms with Crippen molar-refractivity contribution >= 4 is 5.91 Å². The Hall–Kier alpha value is -3.23. The molecule has 1 aliphatic heterocycles. The standard InChI is InChI=1S/C19H20FN5O3/c1-12-17(28-11-21-12)18(26)22-15-6-7-16-23-25(19(27)24(16)9-8-15)10-13-2-4-14(20)5-3-13/h2-5,11,15H,6-10H2,1H3,(H,22,26). The van der Waals surface area contributed by atoms with E-state index in [0.29, 0.717) is 43.9 Å². The summed E-state index contributed by atoms with van der Waals surface area (Å²) in [5.41, 5.74) is 1.16. The van der Waals surface area contributed by atoms with E-state index in [2.05, 4.69) is 15.4 Å². The summed E-state index contributed by atoms with van der Waals surface area (Å²) >= 11 is 0. The molecule has 1 aromatic carbocycles. The van der Waals surface area contributed by atoms with E-state index in [9.17, 15) is 14.0 Å². The van der Waals surface area contributed by atoms with Crippen molar-refractivity contribution in [2.24, 2.45) is 0 Å². The number of halogens is 1. The Labute approximate surface area is 160 Å². The molecule has 1 N–H and O–H groups in total. The molecule has 3 heterocycles. The fourth-order valence-electron chi connectivity index (χ4n) is 3.41. The van der Waals surface area contributed by atoms with E-state index in [4.69, 9.17) is 4.42 Å². The molecule has 28 heavy (non-hydrogen) atoms. The Morgan fingerprint density at radius 3 is 2.82 bits per heavy atom. The molecule has 1 amide bonds. The van der Waals surface area contributed by atoms with Gasteiger partial charge < -0.3 is 9.73 Å². The van der Waals surface area contributed by atoms with Crippen LogP contribution in [0, 0.1) is 12.7 Å². The van der Waals surface area contributed by atoms with Gasteiger partial charge in [0, 0.05) is 19.0 Å². The van der Waals surface area contributed by atoms with Gasteiger partial charge in [-0.05, 0) is 37.5 Å². The molecule has 4 rings (SSSR count). The van der Waals surface area contributed by atoms with E-state index < -0.39 is 0 Å². The number of carbonyl (C=O) groups excluding carboxylic acids is 1. The highest BCUT2D eigenvalue weighted by atomic mass is 19.1. The molecule has 1 aliphatic rings. The number of rotatable bonds is 4. The number of fused-ring (bicyclic) bond motifs is 1. The van der Waals surface area contributed by atoms with Crippen LogP contribution in [-0.2, 0) is 19.5 Å². The molecule has 0 saturated heterocycles. The molecule has 0 fully saturated rings. The fraction of sp³-hybridized carbons (Fsp3) is 0.368.